The van der Waals surface area contributed by atoms with Crippen LogP contribution >= 0.6 is 15.9 Å². The molecule has 0 aromatic heterocycles. The van der Waals surface area contributed by atoms with E-state index in [9.17, 15) is 0 Å². The van der Waals surface area contributed by atoms with Gasteiger partial charge in [-0.15, -0.1) is 0 Å². The van der Waals surface area contributed by atoms with Crippen LogP contribution in [0.15, 0.2) is 0 Å². The summed E-state index contributed by atoms with van der Waals surface area (Å²) in [5.41, 5.74) is 0.460. The molecule has 0 saturated heterocycles. The summed E-state index contributed by atoms with van der Waals surface area (Å²) in [7, 11) is 1.73. The first-order chi connectivity index (χ1) is 7.23. The van der Waals surface area contributed by atoms with E-state index < -0.39 is 0 Å². The molecule has 1 rings (SSSR count). The van der Waals surface area contributed by atoms with E-state index in [4.69, 9.17) is 9.47 Å². The Balaban J connectivity index is 2.02. The van der Waals surface area contributed by atoms with Gasteiger partial charge in [-0.05, 0) is 37.0 Å². The van der Waals surface area contributed by atoms with Crippen molar-refractivity contribution in [2.75, 3.05) is 32.3 Å². The van der Waals surface area contributed by atoms with Gasteiger partial charge in [0.05, 0.1) is 0 Å². The fourth-order valence-electron chi connectivity index (χ4n) is 1.87. The highest BCUT2D eigenvalue weighted by Gasteiger charge is 2.40. The van der Waals surface area contributed by atoms with Gasteiger partial charge in [-0.25, -0.2) is 0 Å². The van der Waals surface area contributed by atoms with Gasteiger partial charge in [0.15, 0.2) is 0 Å². The van der Waals surface area contributed by atoms with Crippen LogP contribution in [-0.4, -0.2) is 32.3 Å². The van der Waals surface area contributed by atoms with Crippen molar-refractivity contribution in [1.29, 1.82) is 0 Å². The molecule has 1 atom stereocenters. The number of halogens is 1. The Morgan fingerprint density at radius 3 is 2.53 bits per heavy atom. The molecule has 0 heterocycles. The normalized spacial score (nSPS) is 20.2. The van der Waals surface area contributed by atoms with Crippen LogP contribution in [-0.2, 0) is 9.47 Å². The zero-order chi connectivity index (χ0) is 11.1. The van der Waals surface area contributed by atoms with Crippen molar-refractivity contribution in [1.82, 2.24) is 0 Å². The molecule has 90 valence electrons. The molecule has 3 heteroatoms. The number of rotatable bonds is 9. The highest BCUT2D eigenvalue weighted by Crippen LogP contribution is 2.48. The van der Waals surface area contributed by atoms with Gasteiger partial charge in [0, 0.05) is 32.3 Å². The van der Waals surface area contributed by atoms with Gasteiger partial charge < -0.3 is 9.47 Å². The third-order valence-electron chi connectivity index (χ3n) is 3.32. The minimum absolute atomic E-state index is 0.460. The maximum absolute atomic E-state index is 5.61. The quantitative estimate of drug-likeness (QED) is 0.476. The zero-order valence-electron chi connectivity index (χ0n) is 9.93. The largest absolute Gasteiger partial charge is 0.385 e. The second-order valence-electron chi connectivity index (χ2n) is 4.77. The minimum atomic E-state index is 0.460. The lowest BCUT2D eigenvalue weighted by molar-refractivity contribution is 0.0798. The second kappa shape index (κ2) is 6.87. The van der Waals surface area contributed by atoms with Crippen molar-refractivity contribution in [2.24, 2.45) is 11.3 Å². The monoisotopic (exact) mass is 278 g/mol. The van der Waals surface area contributed by atoms with E-state index >= 15 is 0 Å². The molecule has 0 aromatic carbocycles. The first-order valence-electron chi connectivity index (χ1n) is 5.85. The maximum Gasteiger partial charge on any atom is 0.0487 e. The van der Waals surface area contributed by atoms with Crippen LogP contribution in [0.5, 0.6) is 0 Å². The van der Waals surface area contributed by atoms with Gasteiger partial charge in [0.25, 0.3) is 0 Å². The van der Waals surface area contributed by atoms with Crippen molar-refractivity contribution < 1.29 is 9.47 Å². The molecule has 1 aliphatic rings. The Labute approximate surface area is 102 Å². The fraction of sp³-hybridized carbons (Fsp3) is 1.00. The summed E-state index contributed by atoms with van der Waals surface area (Å²) < 4.78 is 10.6. The molecule has 0 spiro atoms. The Kier molecular flexibility index (Phi) is 6.17. The molecular formula is C12H23BrO2. The second-order valence-corrected chi connectivity index (χ2v) is 5.33. The SMILES string of the molecule is COCCCOCCC(C)(CBr)C1CC1. The predicted octanol–water partition coefficient (Wildman–Crippen LogP) is 3.24. The third-order valence-corrected chi connectivity index (χ3v) is 4.60. The summed E-state index contributed by atoms with van der Waals surface area (Å²) in [4.78, 5) is 0. The Hall–Kier alpha value is 0.400. The highest BCUT2D eigenvalue weighted by molar-refractivity contribution is 9.09. The molecule has 15 heavy (non-hydrogen) atoms. The lowest BCUT2D eigenvalue weighted by atomic mass is 9.84. The molecular weight excluding hydrogens is 256 g/mol. The molecule has 2 nitrogen and oxygen atoms in total. The van der Waals surface area contributed by atoms with Crippen LogP contribution in [0.3, 0.4) is 0 Å². The van der Waals surface area contributed by atoms with Crippen molar-refractivity contribution in [3.63, 3.8) is 0 Å². The number of ether oxygens (including phenoxy) is 2. The Morgan fingerprint density at radius 2 is 2.00 bits per heavy atom. The van der Waals surface area contributed by atoms with Crippen LogP contribution in [0, 0.1) is 11.3 Å². The average Bonchev–Trinajstić information content (AvgIpc) is 3.07. The van der Waals surface area contributed by atoms with Gasteiger partial charge >= 0.3 is 0 Å². The first-order valence-corrected chi connectivity index (χ1v) is 6.98. The van der Waals surface area contributed by atoms with Crippen molar-refractivity contribution >= 4 is 15.9 Å². The predicted molar refractivity (Wildman–Crippen MR) is 66.6 cm³/mol. The number of hydrogen-bond acceptors (Lipinski definition) is 2. The van der Waals surface area contributed by atoms with Crippen LogP contribution in [0.25, 0.3) is 0 Å². The number of methoxy groups -OCH3 is 1. The smallest absolute Gasteiger partial charge is 0.0487 e. The molecule has 0 radical (unpaired) electrons. The fourth-order valence-corrected chi connectivity index (χ4v) is 2.61. The lowest BCUT2D eigenvalue weighted by Gasteiger charge is -2.27. The van der Waals surface area contributed by atoms with Crippen LogP contribution in [0.1, 0.15) is 32.6 Å². The Morgan fingerprint density at radius 1 is 1.27 bits per heavy atom. The van der Waals surface area contributed by atoms with Crippen LogP contribution in [0.2, 0.25) is 0 Å². The summed E-state index contributed by atoms with van der Waals surface area (Å²) in [5, 5.41) is 1.10. The third kappa shape index (κ3) is 4.83. The van der Waals surface area contributed by atoms with E-state index in [2.05, 4.69) is 22.9 Å². The molecule has 1 saturated carbocycles. The van der Waals surface area contributed by atoms with Gasteiger partial charge in [0.2, 0.25) is 0 Å². The molecule has 0 aromatic rings. The van der Waals surface area contributed by atoms with Gasteiger partial charge in [0.1, 0.15) is 0 Å². The van der Waals surface area contributed by atoms with E-state index in [0.29, 0.717) is 5.41 Å². The highest BCUT2D eigenvalue weighted by atomic mass is 79.9. The standard InChI is InChI=1S/C12H23BrO2/c1-12(10-13,11-4-5-11)6-9-15-8-3-7-14-2/h11H,3-10H2,1-2H3. The zero-order valence-corrected chi connectivity index (χ0v) is 11.5. The first kappa shape index (κ1) is 13.5. The van der Waals surface area contributed by atoms with Crippen molar-refractivity contribution in [2.45, 2.75) is 32.6 Å². The molecule has 1 fully saturated rings. The minimum Gasteiger partial charge on any atom is -0.385 e. The van der Waals surface area contributed by atoms with E-state index in [1.54, 1.807) is 7.11 Å². The maximum atomic E-state index is 5.61. The summed E-state index contributed by atoms with van der Waals surface area (Å²) >= 11 is 3.63. The molecule has 1 unspecified atom stereocenters. The van der Waals surface area contributed by atoms with E-state index in [0.717, 1.165) is 37.5 Å². The summed E-state index contributed by atoms with van der Waals surface area (Å²) in [6.07, 6.45) is 5.00. The van der Waals surface area contributed by atoms with E-state index in [1.807, 2.05) is 0 Å². The topological polar surface area (TPSA) is 18.5 Å². The van der Waals surface area contributed by atoms with E-state index in [-0.39, 0.29) is 0 Å². The molecule has 0 bridgehead atoms. The number of hydrogen-bond donors (Lipinski definition) is 0. The van der Waals surface area contributed by atoms with E-state index in [1.165, 1.54) is 19.3 Å². The molecule has 0 aliphatic heterocycles. The van der Waals surface area contributed by atoms with Gasteiger partial charge in [-0.2, -0.15) is 0 Å². The lowest BCUT2D eigenvalue weighted by Crippen LogP contribution is -2.23. The van der Waals surface area contributed by atoms with Gasteiger partial charge in [-0.1, -0.05) is 22.9 Å². The molecule has 0 amide bonds. The summed E-state index contributed by atoms with van der Waals surface area (Å²) in [6.45, 7) is 4.90. The van der Waals surface area contributed by atoms with Crippen LogP contribution in [0.4, 0.5) is 0 Å². The van der Waals surface area contributed by atoms with Gasteiger partial charge in [-0.3, -0.25) is 0 Å². The van der Waals surface area contributed by atoms with Crippen molar-refractivity contribution in [3.05, 3.63) is 0 Å². The summed E-state index contributed by atoms with van der Waals surface area (Å²) in [5.74, 6) is 0.930. The summed E-state index contributed by atoms with van der Waals surface area (Å²) in [6, 6.07) is 0. The Bertz CT molecular complexity index is 171. The molecule has 1 aliphatic carbocycles. The molecule has 0 N–H and O–H groups in total. The average molecular weight is 279 g/mol. The number of alkyl halides is 1. The van der Waals surface area contributed by atoms with Crippen molar-refractivity contribution in [3.8, 4) is 0 Å². The van der Waals surface area contributed by atoms with Crippen LogP contribution < -0.4 is 0 Å².